The van der Waals surface area contributed by atoms with Crippen LogP contribution in [0.4, 0.5) is 0 Å². The van der Waals surface area contributed by atoms with Crippen LogP contribution in [-0.4, -0.2) is 10.9 Å². The van der Waals surface area contributed by atoms with Gasteiger partial charge in [0.2, 0.25) is 0 Å². The van der Waals surface area contributed by atoms with Crippen molar-refractivity contribution in [3.05, 3.63) is 91.3 Å². The molecule has 4 rings (SSSR count). The lowest BCUT2D eigenvalue weighted by atomic mass is 9.94. The molecule has 1 aromatic heterocycles. The maximum absolute atomic E-state index is 12.8. The Balaban J connectivity index is 1.80. The minimum atomic E-state index is -0.581. The van der Waals surface area contributed by atoms with Gasteiger partial charge in [-0.05, 0) is 43.3 Å². The highest BCUT2D eigenvalue weighted by Crippen LogP contribution is 2.46. The fourth-order valence-electron chi connectivity index (χ4n) is 3.11. The van der Waals surface area contributed by atoms with Crippen molar-refractivity contribution in [2.45, 2.75) is 13.0 Å². The van der Waals surface area contributed by atoms with Crippen LogP contribution < -0.4 is 15.6 Å². The largest absolute Gasteiger partial charge is 0.456 e. The van der Waals surface area contributed by atoms with E-state index in [0.717, 1.165) is 0 Å². The lowest BCUT2D eigenvalue weighted by molar-refractivity contribution is 0.0940. The molecule has 0 bridgehead atoms. The highest BCUT2D eigenvalue weighted by Gasteiger charge is 2.31. The van der Waals surface area contributed by atoms with Crippen molar-refractivity contribution in [3.8, 4) is 11.5 Å². The molecule has 1 aliphatic rings. The number of pyridine rings is 1. The van der Waals surface area contributed by atoms with Crippen LogP contribution >= 0.6 is 23.2 Å². The summed E-state index contributed by atoms with van der Waals surface area (Å²) in [4.78, 5) is 27.6. The monoisotopic (exact) mass is 400 g/mol. The first-order chi connectivity index (χ1) is 12.9. The van der Waals surface area contributed by atoms with E-state index in [2.05, 4.69) is 10.3 Å². The van der Waals surface area contributed by atoms with Crippen molar-refractivity contribution in [1.29, 1.82) is 0 Å². The third-order valence-corrected chi connectivity index (χ3v) is 4.95. The van der Waals surface area contributed by atoms with Crippen LogP contribution in [0.15, 0.2) is 53.3 Å². The second kappa shape index (κ2) is 6.76. The summed E-state index contributed by atoms with van der Waals surface area (Å²) in [6.45, 7) is 1.75. The van der Waals surface area contributed by atoms with Crippen LogP contribution in [0.1, 0.15) is 33.2 Å². The highest BCUT2D eigenvalue weighted by molar-refractivity contribution is 6.32. The Morgan fingerprint density at radius 1 is 1.11 bits per heavy atom. The van der Waals surface area contributed by atoms with Crippen LogP contribution in [-0.2, 0) is 0 Å². The molecule has 1 unspecified atom stereocenters. The zero-order valence-corrected chi connectivity index (χ0v) is 15.7. The van der Waals surface area contributed by atoms with Gasteiger partial charge in [0.05, 0.1) is 6.04 Å². The normalized spacial score (nSPS) is 14.7. The summed E-state index contributed by atoms with van der Waals surface area (Å²) in [6, 6.07) is 13.0. The number of carbonyl (C=O) groups excluding carboxylic acids is 1. The molecule has 0 saturated carbocycles. The first-order valence-corrected chi connectivity index (χ1v) is 8.96. The van der Waals surface area contributed by atoms with Crippen LogP contribution in [0.5, 0.6) is 11.5 Å². The van der Waals surface area contributed by atoms with Gasteiger partial charge in [0.15, 0.2) is 0 Å². The minimum absolute atomic E-state index is 0.0243. The van der Waals surface area contributed by atoms with Gasteiger partial charge in [-0.3, -0.25) is 9.59 Å². The smallest absolute Gasteiger partial charge is 0.260 e. The average molecular weight is 401 g/mol. The fourth-order valence-corrected chi connectivity index (χ4v) is 3.54. The molecular weight excluding hydrogens is 387 g/mol. The number of ether oxygens (including phenoxy) is 1. The van der Waals surface area contributed by atoms with E-state index < -0.39 is 17.5 Å². The van der Waals surface area contributed by atoms with Gasteiger partial charge in [-0.15, -0.1) is 0 Å². The van der Waals surface area contributed by atoms with Gasteiger partial charge >= 0.3 is 0 Å². The Labute approximate surface area is 164 Å². The Kier molecular flexibility index (Phi) is 4.42. The first kappa shape index (κ1) is 17.6. The van der Waals surface area contributed by atoms with E-state index in [9.17, 15) is 9.59 Å². The summed E-state index contributed by atoms with van der Waals surface area (Å²) in [6.07, 6.45) is 0. The van der Waals surface area contributed by atoms with E-state index in [4.69, 9.17) is 27.9 Å². The van der Waals surface area contributed by atoms with E-state index in [0.29, 0.717) is 38.4 Å². The number of nitrogens with one attached hydrogen (secondary N) is 2. The molecule has 2 aromatic carbocycles. The summed E-state index contributed by atoms with van der Waals surface area (Å²) in [5.41, 5.74) is 1.59. The van der Waals surface area contributed by atoms with E-state index in [-0.39, 0.29) is 5.56 Å². The van der Waals surface area contributed by atoms with Crippen LogP contribution in [0.3, 0.4) is 0 Å². The molecule has 1 aliphatic heterocycles. The number of halogens is 2. The zero-order valence-electron chi connectivity index (χ0n) is 14.2. The molecule has 0 saturated heterocycles. The molecule has 1 atom stereocenters. The molecular formula is C20H14Cl2N2O3. The number of aromatic nitrogens is 1. The SMILES string of the molecule is Cc1ccc(C(=O)NC2c3ccc(Cl)cc3Oc3cccc(Cl)c32)c(=O)[nH]1. The molecule has 0 radical (unpaired) electrons. The van der Waals surface area contributed by atoms with Gasteiger partial charge in [0.1, 0.15) is 17.1 Å². The number of hydrogen-bond acceptors (Lipinski definition) is 3. The minimum Gasteiger partial charge on any atom is -0.456 e. The maximum atomic E-state index is 12.8. The molecule has 3 aromatic rings. The van der Waals surface area contributed by atoms with Crippen LogP contribution in [0, 0.1) is 6.92 Å². The third kappa shape index (κ3) is 3.20. The van der Waals surface area contributed by atoms with Gasteiger partial charge < -0.3 is 15.0 Å². The van der Waals surface area contributed by atoms with Gasteiger partial charge in [-0.1, -0.05) is 35.3 Å². The average Bonchev–Trinajstić information content (AvgIpc) is 2.61. The molecule has 1 amide bonds. The van der Waals surface area contributed by atoms with E-state index in [1.54, 1.807) is 49.4 Å². The van der Waals surface area contributed by atoms with E-state index >= 15 is 0 Å². The predicted molar refractivity (Wildman–Crippen MR) is 104 cm³/mol. The summed E-state index contributed by atoms with van der Waals surface area (Å²) >= 11 is 12.5. The third-order valence-electron chi connectivity index (χ3n) is 4.38. The zero-order chi connectivity index (χ0) is 19.1. The predicted octanol–water partition coefficient (Wildman–Crippen LogP) is 4.62. The van der Waals surface area contributed by atoms with Gasteiger partial charge in [-0.2, -0.15) is 0 Å². The number of hydrogen-bond donors (Lipinski definition) is 2. The quantitative estimate of drug-likeness (QED) is 0.659. The van der Waals surface area contributed by atoms with Crippen molar-refractivity contribution in [2.24, 2.45) is 0 Å². The first-order valence-electron chi connectivity index (χ1n) is 8.20. The molecule has 7 heteroatoms. The molecule has 0 fully saturated rings. The number of carbonyl (C=O) groups is 1. The number of benzene rings is 2. The van der Waals surface area contributed by atoms with E-state index in [1.807, 2.05) is 0 Å². The van der Waals surface area contributed by atoms with Crippen molar-refractivity contribution in [2.75, 3.05) is 0 Å². The number of fused-ring (bicyclic) bond motifs is 2. The molecule has 0 spiro atoms. The number of aromatic amines is 1. The molecule has 2 N–H and O–H groups in total. The van der Waals surface area contributed by atoms with Crippen molar-refractivity contribution >= 4 is 29.1 Å². The molecule has 2 heterocycles. The molecule has 5 nitrogen and oxygen atoms in total. The van der Waals surface area contributed by atoms with Gasteiger partial charge in [0, 0.05) is 26.9 Å². The second-order valence-corrected chi connectivity index (χ2v) is 7.07. The van der Waals surface area contributed by atoms with Crippen LogP contribution in [0.25, 0.3) is 0 Å². The van der Waals surface area contributed by atoms with Gasteiger partial charge in [0.25, 0.3) is 11.5 Å². The van der Waals surface area contributed by atoms with E-state index in [1.165, 1.54) is 6.07 Å². The number of aryl methyl sites for hydroxylation is 1. The lowest BCUT2D eigenvalue weighted by Crippen LogP contribution is -2.34. The Morgan fingerprint density at radius 3 is 2.70 bits per heavy atom. The Hall–Kier alpha value is -2.76. The molecule has 136 valence electrons. The summed E-state index contributed by atoms with van der Waals surface area (Å²) in [5.74, 6) is 0.552. The Morgan fingerprint density at radius 2 is 1.93 bits per heavy atom. The van der Waals surface area contributed by atoms with Crippen molar-refractivity contribution < 1.29 is 9.53 Å². The molecule has 27 heavy (non-hydrogen) atoms. The van der Waals surface area contributed by atoms with Gasteiger partial charge in [-0.25, -0.2) is 0 Å². The lowest BCUT2D eigenvalue weighted by Gasteiger charge is -2.29. The number of H-pyrrole nitrogens is 1. The second-order valence-electron chi connectivity index (χ2n) is 6.23. The number of amides is 1. The van der Waals surface area contributed by atoms with Crippen molar-refractivity contribution in [3.63, 3.8) is 0 Å². The summed E-state index contributed by atoms with van der Waals surface area (Å²) < 4.78 is 5.91. The maximum Gasteiger partial charge on any atom is 0.260 e. The topological polar surface area (TPSA) is 71.2 Å². The number of rotatable bonds is 2. The Bertz CT molecular complexity index is 1120. The standard InChI is InChI=1S/C20H14Cl2N2O3/c1-10-5-7-13(19(25)23-10)20(26)24-18-12-8-6-11(21)9-16(12)27-15-4-2-3-14(22)17(15)18/h2-9,18H,1H3,(H,23,25)(H,24,26). The highest BCUT2D eigenvalue weighted by atomic mass is 35.5. The summed E-state index contributed by atoms with van der Waals surface area (Å²) in [5, 5.41) is 3.87. The van der Waals surface area contributed by atoms with Crippen molar-refractivity contribution in [1.82, 2.24) is 10.3 Å². The fraction of sp³-hybridized carbons (Fsp3) is 0.100. The summed E-state index contributed by atoms with van der Waals surface area (Å²) in [7, 11) is 0. The molecule has 0 aliphatic carbocycles. The van der Waals surface area contributed by atoms with Crippen LogP contribution in [0.2, 0.25) is 10.0 Å².